The molecule has 0 amide bonds. The molecule has 0 aromatic heterocycles. The summed E-state index contributed by atoms with van der Waals surface area (Å²) in [7, 11) is 1.42. The van der Waals surface area contributed by atoms with E-state index in [1.165, 1.54) is 7.11 Å². The molecule has 0 spiro atoms. The zero-order valence-electron chi connectivity index (χ0n) is 11.3. The number of hydrogen-bond donors (Lipinski definition) is 2. The number of aliphatic hydroxyl groups is 1. The highest BCUT2D eigenvalue weighted by atomic mass is 19.3. The van der Waals surface area contributed by atoms with Crippen LogP contribution in [0.3, 0.4) is 0 Å². The van der Waals surface area contributed by atoms with Crippen LogP contribution >= 0.6 is 0 Å². The molecule has 0 saturated heterocycles. The van der Waals surface area contributed by atoms with E-state index in [2.05, 4.69) is 10.1 Å². The number of benzene rings is 1. The van der Waals surface area contributed by atoms with Crippen LogP contribution in [0.15, 0.2) is 18.2 Å². The number of hydrogen-bond acceptors (Lipinski definition) is 4. The van der Waals surface area contributed by atoms with E-state index in [9.17, 15) is 13.9 Å². The van der Waals surface area contributed by atoms with Crippen molar-refractivity contribution >= 4 is 0 Å². The Morgan fingerprint density at radius 2 is 2.15 bits per heavy atom. The first-order valence-corrected chi connectivity index (χ1v) is 6.59. The summed E-state index contributed by atoms with van der Waals surface area (Å²) < 4.78 is 34.5. The molecule has 1 aromatic carbocycles. The molecule has 6 heteroatoms. The average molecular weight is 287 g/mol. The normalized spacial score (nSPS) is 21.6. The van der Waals surface area contributed by atoms with Gasteiger partial charge in [-0.15, -0.1) is 0 Å². The smallest absolute Gasteiger partial charge is 0.387 e. The SMILES string of the molecule is COc1cccc(CNCC2CC(O)C2)c1OC(F)F. The summed E-state index contributed by atoms with van der Waals surface area (Å²) in [6, 6.07) is 5.05. The standard InChI is InChI=1S/C14H19F2NO3/c1-19-12-4-2-3-10(13(12)20-14(15)16)8-17-7-9-5-11(18)6-9/h2-4,9,11,14,17-18H,5-8H2,1H3. The number of para-hydroxylation sites is 1. The van der Waals surface area contributed by atoms with Crippen molar-refractivity contribution in [3.63, 3.8) is 0 Å². The monoisotopic (exact) mass is 287 g/mol. The van der Waals surface area contributed by atoms with Gasteiger partial charge < -0.3 is 19.9 Å². The summed E-state index contributed by atoms with van der Waals surface area (Å²) in [5, 5.41) is 12.4. The van der Waals surface area contributed by atoms with Gasteiger partial charge in [0.2, 0.25) is 0 Å². The van der Waals surface area contributed by atoms with Crippen LogP contribution in [0.2, 0.25) is 0 Å². The Bertz CT molecular complexity index is 436. The van der Waals surface area contributed by atoms with Gasteiger partial charge in [0, 0.05) is 12.1 Å². The van der Waals surface area contributed by atoms with Crippen molar-refractivity contribution in [2.24, 2.45) is 5.92 Å². The first-order chi connectivity index (χ1) is 9.60. The lowest BCUT2D eigenvalue weighted by Gasteiger charge is -2.31. The van der Waals surface area contributed by atoms with Gasteiger partial charge in [-0.2, -0.15) is 8.78 Å². The van der Waals surface area contributed by atoms with E-state index in [0.29, 0.717) is 23.8 Å². The predicted molar refractivity (Wildman–Crippen MR) is 70.1 cm³/mol. The maximum atomic E-state index is 12.4. The van der Waals surface area contributed by atoms with Crippen LogP contribution in [-0.4, -0.2) is 31.5 Å². The highest BCUT2D eigenvalue weighted by molar-refractivity contribution is 5.46. The molecule has 112 valence electrons. The average Bonchev–Trinajstić information content (AvgIpc) is 2.37. The molecule has 2 rings (SSSR count). The molecule has 1 aliphatic carbocycles. The molecule has 0 heterocycles. The third kappa shape index (κ3) is 3.80. The Labute approximate surface area is 116 Å². The molecular formula is C14H19F2NO3. The summed E-state index contributed by atoms with van der Waals surface area (Å²) in [6.07, 6.45) is 1.41. The molecule has 1 saturated carbocycles. The fourth-order valence-corrected chi connectivity index (χ4v) is 2.36. The molecule has 4 nitrogen and oxygen atoms in total. The van der Waals surface area contributed by atoms with E-state index in [4.69, 9.17) is 4.74 Å². The number of methoxy groups -OCH3 is 1. The topological polar surface area (TPSA) is 50.7 Å². The minimum absolute atomic E-state index is 0.0751. The number of nitrogens with one attached hydrogen (secondary N) is 1. The van der Waals surface area contributed by atoms with E-state index < -0.39 is 6.61 Å². The highest BCUT2D eigenvalue weighted by Gasteiger charge is 2.26. The highest BCUT2D eigenvalue weighted by Crippen LogP contribution is 2.32. The van der Waals surface area contributed by atoms with Gasteiger partial charge in [-0.05, 0) is 31.4 Å². The van der Waals surface area contributed by atoms with Gasteiger partial charge in [0.15, 0.2) is 11.5 Å². The second-order valence-corrected chi connectivity index (χ2v) is 4.95. The van der Waals surface area contributed by atoms with E-state index >= 15 is 0 Å². The van der Waals surface area contributed by atoms with E-state index in [0.717, 1.165) is 19.4 Å². The van der Waals surface area contributed by atoms with Crippen LogP contribution in [0.5, 0.6) is 11.5 Å². The Balaban J connectivity index is 1.95. The van der Waals surface area contributed by atoms with Gasteiger partial charge in [-0.1, -0.05) is 12.1 Å². The Hall–Kier alpha value is -1.40. The van der Waals surface area contributed by atoms with Gasteiger partial charge in [0.1, 0.15) is 0 Å². The Morgan fingerprint density at radius 1 is 1.40 bits per heavy atom. The number of aliphatic hydroxyl groups excluding tert-OH is 1. The zero-order chi connectivity index (χ0) is 14.5. The predicted octanol–water partition coefficient (Wildman–Crippen LogP) is 2.16. The van der Waals surface area contributed by atoms with Gasteiger partial charge in [0.25, 0.3) is 0 Å². The van der Waals surface area contributed by atoms with Crippen LogP contribution in [0.4, 0.5) is 8.78 Å². The molecule has 1 aromatic rings. The van der Waals surface area contributed by atoms with Crippen molar-refractivity contribution in [2.45, 2.75) is 32.1 Å². The van der Waals surface area contributed by atoms with E-state index in [1.54, 1.807) is 18.2 Å². The molecule has 0 atom stereocenters. The minimum Gasteiger partial charge on any atom is -0.493 e. The molecule has 1 aliphatic rings. The van der Waals surface area contributed by atoms with Crippen molar-refractivity contribution in [3.05, 3.63) is 23.8 Å². The summed E-state index contributed by atoms with van der Waals surface area (Å²) in [5.74, 6) is 0.824. The summed E-state index contributed by atoms with van der Waals surface area (Å²) >= 11 is 0. The number of alkyl halides is 2. The van der Waals surface area contributed by atoms with E-state index in [-0.39, 0.29) is 11.9 Å². The molecule has 2 N–H and O–H groups in total. The lowest BCUT2D eigenvalue weighted by Crippen LogP contribution is -2.35. The lowest BCUT2D eigenvalue weighted by atomic mass is 9.82. The fraction of sp³-hybridized carbons (Fsp3) is 0.571. The Kier molecular flexibility index (Phi) is 5.14. The molecule has 0 bridgehead atoms. The maximum absolute atomic E-state index is 12.4. The first kappa shape index (κ1) is 15.0. The minimum atomic E-state index is -2.88. The van der Waals surface area contributed by atoms with Crippen LogP contribution in [0, 0.1) is 5.92 Å². The molecular weight excluding hydrogens is 268 g/mol. The summed E-state index contributed by atoms with van der Waals surface area (Å²) in [4.78, 5) is 0. The lowest BCUT2D eigenvalue weighted by molar-refractivity contribution is -0.0519. The second-order valence-electron chi connectivity index (χ2n) is 4.95. The number of rotatable bonds is 7. The van der Waals surface area contributed by atoms with Crippen molar-refractivity contribution < 1.29 is 23.4 Å². The Morgan fingerprint density at radius 3 is 2.75 bits per heavy atom. The first-order valence-electron chi connectivity index (χ1n) is 6.59. The second kappa shape index (κ2) is 6.85. The van der Waals surface area contributed by atoms with Crippen molar-refractivity contribution in [1.82, 2.24) is 5.32 Å². The van der Waals surface area contributed by atoms with Crippen molar-refractivity contribution in [1.29, 1.82) is 0 Å². The van der Waals surface area contributed by atoms with Crippen LogP contribution in [0.25, 0.3) is 0 Å². The quantitative estimate of drug-likeness (QED) is 0.807. The maximum Gasteiger partial charge on any atom is 0.387 e. The third-order valence-corrected chi connectivity index (χ3v) is 3.45. The van der Waals surface area contributed by atoms with Gasteiger partial charge in [-0.3, -0.25) is 0 Å². The summed E-state index contributed by atoms with van der Waals surface area (Å²) in [5.41, 5.74) is 0.629. The largest absolute Gasteiger partial charge is 0.493 e. The van der Waals surface area contributed by atoms with Gasteiger partial charge in [-0.25, -0.2) is 0 Å². The van der Waals surface area contributed by atoms with Crippen molar-refractivity contribution in [2.75, 3.05) is 13.7 Å². The molecule has 1 fully saturated rings. The molecule has 0 radical (unpaired) electrons. The fourth-order valence-electron chi connectivity index (χ4n) is 2.36. The zero-order valence-corrected chi connectivity index (χ0v) is 11.3. The van der Waals surface area contributed by atoms with Gasteiger partial charge >= 0.3 is 6.61 Å². The van der Waals surface area contributed by atoms with Crippen LogP contribution in [-0.2, 0) is 6.54 Å². The molecule has 0 unspecified atom stereocenters. The van der Waals surface area contributed by atoms with Crippen LogP contribution in [0.1, 0.15) is 18.4 Å². The molecule has 20 heavy (non-hydrogen) atoms. The van der Waals surface area contributed by atoms with Gasteiger partial charge in [0.05, 0.1) is 13.2 Å². The third-order valence-electron chi connectivity index (χ3n) is 3.45. The number of halogens is 2. The van der Waals surface area contributed by atoms with Crippen LogP contribution < -0.4 is 14.8 Å². The van der Waals surface area contributed by atoms with E-state index in [1.807, 2.05) is 0 Å². The molecule has 0 aliphatic heterocycles. The summed E-state index contributed by atoms with van der Waals surface area (Å²) in [6.45, 7) is -1.71. The number of ether oxygens (including phenoxy) is 2. The van der Waals surface area contributed by atoms with Crippen molar-refractivity contribution in [3.8, 4) is 11.5 Å².